The van der Waals surface area contributed by atoms with E-state index >= 15 is 0 Å². The number of likely N-dealkylation sites (tertiary alicyclic amines) is 1. The number of anilines is 1. The fraction of sp³-hybridized carbons (Fsp3) is 0.793. The Morgan fingerprint density at radius 1 is 1.23 bits per heavy atom. The number of nitrogens with zero attached hydrogens (tertiary/aromatic N) is 4. The lowest BCUT2D eigenvalue weighted by molar-refractivity contribution is -0.138. The molecule has 3 heterocycles. The first-order valence-electron chi connectivity index (χ1n) is 14.5. The number of nitrogens with one attached hydrogen (secondary N) is 2. The van der Waals surface area contributed by atoms with Crippen LogP contribution in [0, 0.1) is 11.8 Å². The summed E-state index contributed by atoms with van der Waals surface area (Å²) in [5.41, 5.74) is 0.216. The minimum Gasteiger partial charge on any atom is -0.385 e. The van der Waals surface area contributed by atoms with Gasteiger partial charge >= 0.3 is 0 Å². The maximum absolute atomic E-state index is 14.2. The Labute approximate surface area is 234 Å². The van der Waals surface area contributed by atoms with Crippen LogP contribution in [0.15, 0.2) is 6.20 Å². The number of carbonyl (C=O) groups is 2. The second kappa shape index (κ2) is 14.4. The van der Waals surface area contributed by atoms with Crippen molar-refractivity contribution >= 4 is 17.6 Å². The maximum atomic E-state index is 14.2. The van der Waals surface area contributed by atoms with E-state index in [1.165, 1.54) is 0 Å². The fourth-order valence-corrected chi connectivity index (χ4v) is 5.47. The Morgan fingerprint density at radius 2 is 2.00 bits per heavy atom. The zero-order chi connectivity index (χ0) is 28.6. The predicted molar refractivity (Wildman–Crippen MR) is 153 cm³/mol. The average molecular weight is 547 g/mol. The van der Waals surface area contributed by atoms with Crippen molar-refractivity contribution in [3.05, 3.63) is 17.6 Å². The van der Waals surface area contributed by atoms with E-state index in [-0.39, 0.29) is 41.1 Å². The van der Waals surface area contributed by atoms with E-state index in [4.69, 9.17) is 14.5 Å². The molecular formula is C29H50N6O4. The second-order valence-electron chi connectivity index (χ2n) is 12.4. The van der Waals surface area contributed by atoms with E-state index in [2.05, 4.69) is 50.2 Å². The molecule has 39 heavy (non-hydrogen) atoms. The Morgan fingerprint density at radius 3 is 2.67 bits per heavy atom. The third kappa shape index (κ3) is 8.35. The first-order chi connectivity index (χ1) is 18.6. The summed E-state index contributed by atoms with van der Waals surface area (Å²) in [6.45, 7) is 14.9. The molecule has 0 saturated carbocycles. The highest BCUT2D eigenvalue weighted by molar-refractivity contribution is 5.98. The summed E-state index contributed by atoms with van der Waals surface area (Å²) in [6.07, 6.45) is 5.09. The number of hydrogen-bond acceptors (Lipinski definition) is 8. The smallest absolute Gasteiger partial charge is 0.259 e. The SMILES string of the molecule is COCCCNc1nc(C(C)(C)C)ncc1C(=O)N(CC(C)C)[C@@H]1CNC[C@H](C(=O)N2CCC[C@H]2COC)C1. The van der Waals surface area contributed by atoms with Crippen LogP contribution in [-0.2, 0) is 19.7 Å². The molecule has 3 atom stereocenters. The van der Waals surface area contributed by atoms with Crippen molar-refractivity contribution in [1.82, 2.24) is 25.1 Å². The molecule has 1 aromatic rings. The Balaban J connectivity index is 1.84. The zero-order valence-corrected chi connectivity index (χ0v) is 25.1. The highest BCUT2D eigenvalue weighted by atomic mass is 16.5. The topological polar surface area (TPSA) is 109 Å². The van der Waals surface area contributed by atoms with Crippen molar-refractivity contribution in [3.63, 3.8) is 0 Å². The average Bonchev–Trinajstić information content (AvgIpc) is 3.37. The highest BCUT2D eigenvalue weighted by Gasteiger charge is 2.38. The molecule has 2 amide bonds. The molecule has 2 fully saturated rings. The lowest BCUT2D eigenvalue weighted by atomic mass is 9.92. The van der Waals surface area contributed by atoms with Gasteiger partial charge in [-0.1, -0.05) is 34.6 Å². The lowest BCUT2D eigenvalue weighted by Crippen LogP contribution is -2.55. The van der Waals surface area contributed by atoms with Gasteiger partial charge in [0.05, 0.1) is 18.6 Å². The molecule has 10 nitrogen and oxygen atoms in total. The number of methoxy groups -OCH3 is 2. The number of aromatic nitrogens is 2. The van der Waals surface area contributed by atoms with E-state index in [1.807, 2.05) is 9.80 Å². The molecule has 1 aromatic heterocycles. The van der Waals surface area contributed by atoms with Crippen LogP contribution in [0.5, 0.6) is 0 Å². The van der Waals surface area contributed by atoms with Gasteiger partial charge in [-0.2, -0.15) is 0 Å². The highest BCUT2D eigenvalue weighted by Crippen LogP contribution is 2.27. The zero-order valence-electron chi connectivity index (χ0n) is 25.1. The van der Waals surface area contributed by atoms with Gasteiger partial charge in [-0.05, 0) is 31.6 Å². The molecule has 2 aliphatic rings. The summed E-state index contributed by atoms with van der Waals surface area (Å²) < 4.78 is 10.6. The van der Waals surface area contributed by atoms with Crippen molar-refractivity contribution in [2.75, 3.05) is 65.5 Å². The summed E-state index contributed by atoms with van der Waals surface area (Å²) >= 11 is 0. The second-order valence-corrected chi connectivity index (χ2v) is 12.4. The molecule has 0 bridgehead atoms. The number of rotatable bonds is 12. The molecule has 0 aromatic carbocycles. The summed E-state index contributed by atoms with van der Waals surface area (Å²) in [7, 11) is 3.37. The summed E-state index contributed by atoms with van der Waals surface area (Å²) in [6, 6.07) is 0.0382. The first-order valence-corrected chi connectivity index (χ1v) is 14.5. The Hall–Kier alpha value is -2.30. The van der Waals surface area contributed by atoms with Crippen LogP contribution in [0.2, 0.25) is 0 Å². The van der Waals surface area contributed by atoms with Gasteiger partial charge in [0.1, 0.15) is 17.2 Å². The maximum Gasteiger partial charge on any atom is 0.259 e. The van der Waals surface area contributed by atoms with Gasteiger partial charge in [-0.3, -0.25) is 9.59 Å². The number of ether oxygens (including phenoxy) is 2. The molecule has 220 valence electrons. The molecule has 2 saturated heterocycles. The summed E-state index contributed by atoms with van der Waals surface area (Å²) in [5.74, 6) is 1.40. The monoisotopic (exact) mass is 546 g/mol. The molecule has 10 heteroatoms. The lowest BCUT2D eigenvalue weighted by Gasteiger charge is -2.40. The van der Waals surface area contributed by atoms with Crippen LogP contribution in [0.4, 0.5) is 5.82 Å². The van der Waals surface area contributed by atoms with Gasteiger partial charge in [-0.25, -0.2) is 9.97 Å². The third-order valence-electron chi connectivity index (χ3n) is 7.47. The van der Waals surface area contributed by atoms with Gasteiger partial charge in [-0.15, -0.1) is 0 Å². The minimum absolute atomic E-state index is 0.100. The third-order valence-corrected chi connectivity index (χ3v) is 7.47. The predicted octanol–water partition coefficient (Wildman–Crippen LogP) is 2.94. The molecule has 0 radical (unpaired) electrons. The standard InChI is InChI=1S/C29H50N6O4/c1-20(2)18-35(23-14-21(15-30-16-23)26(36)34-12-8-10-22(34)19-39-7)27(37)24-17-32-28(29(3,4)5)33-25(24)31-11-9-13-38-6/h17,20-23,30H,8-16,18-19H2,1-7H3,(H,31,32,33)/t21-,22+,23+/m1/s1. The van der Waals surface area contributed by atoms with E-state index in [0.717, 1.165) is 25.8 Å². The van der Waals surface area contributed by atoms with Crippen LogP contribution >= 0.6 is 0 Å². The van der Waals surface area contributed by atoms with Crippen LogP contribution < -0.4 is 10.6 Å². The van der Waals surface area contributed by atoms with Gasteiger partial charge in [0.15, 0.2) is 0 Å². The molecule has 0 spiro atoms. The van der Waals surface area contributed by atoms with Crippen molar-refractivity contribution in [2.24, 2.45) is 11.8 Å². The van der Waals surface area contributed by atoms with Crippen molar-refractivity contribution in [1.29, 1.82) is 0 Å². The van der Waals surface area contributed by atoms with Crippen LogP contribution in [0.1, 0.15) is 76.5 Å². The number of amides is 2. The molecular weight excluding hydrogens is 496 g/mol. The van der Waals surface area contributed by atoms with Crippen molar-refractivity contribution in [2.45, 2.75) is 77.8 Å². The van der Waals surface area contributed by atoms with E-state index in [9.17, 15) is 9.59 Å². The molecule has 0 unspecified atom stereocenters. The summed E-state index contributed by atoms with van der Waals surface area (Å²) in [5, 5.41) is 6.82. The van der Waals surface area contributed by atoms with Crippen LogP contribution in [0.25, 0.3) is 0 Å². The normalized spacial score (nSPS) is 21.8. The van der Waals surface area contributed by atoms with Crippen LogP contribution in [0.3, 0.4) is 0 Å². The largest absolute Gasteiger partial charge is 0.385 e. The van der Waals surface area contributed by atoms with Crippen molar-refractivity contribution < 1.29 is 19.1 Å². The Bertz CT molecular complexity index is 950. The van der Waals surface area contributed by atoms with Gasteiger partial charge in [0, 0.05) is 71.2 Å². The number of hydrogen-bond donors (Lipinski definition) is 2. The van der Waals surface area contributed by atoms with Crippen molar-refractivity contribution in [3.8, 4) is 0 Å². The first kappa shape index (κ1) is 31.2. The van der Waals surface area contributed by atoms with E-state index in [0.29, 0.717) is 63.0 Å². The van der Waals surface area contributed by atoms with Crippen LogP contribution in [-0.4, -0.2) is 104 Å². The number of carbonyl (C=O) groups excluding carboxylic acids is 2. The Kier molecular flexibility index (Phi) is 11.5. The van der Waals surface area contributed by atoms with E-state index < -0.39 is 0 Å². The molecule has 0 aliphatic carbocycles. The molecule has 3 rings (SSSR count). The van der Waals surface area contributed by atoms with Gasteiger partial charge < -0.3 is 29.9 Å². The quantitative estimate of drug-likeness (QED) is 0.385. The van der Waals surface area contributed by atoms with Gasteiger partial charge in [0.2, 0.25) is 5.91 Å². The summed E-state index contributed by atoms with van der Waals surface area (Å²) in [4.78, 5) is 41.0. The van der Waals surface area contributed by atoms with Gasteiger partial charge in [0.25, 0.3) is 5.91 Å². The fourth-order valence-electron chi connectivity index (χ4n) is 5.47. The molecule has 2 N–H and O–H groups in total. The number of piperidine rings is 1. The van der Waals surface area contributed by atoms with E-state index in [1.54, 1.807) is 20.4 Å². The minimum atomic E-state index is -0.251. The molecule has 2 aliphatic heterocycles.